The number of aromatic hydroxyl groups is 1. The number of aliphatic hydroxyl groups excluding tert-OH is 1. The molecule has 3 rings (SSSR count). The molecule has 3 N–H and O–H groups in total. The van der Waals surface area contributed by atoms with Crippen LogP contribution in [0.4, 0.5) is 0 Å². The summed E-state index contributed by atoms with van der Waals surface area (Å²) in [6, 6.07) is 4.74. The van der Waals surface area contributed by atoms with Gasteiger partial charge in [-0.25, -0.2) is 0 Å². The first-order chi connectivity index (χ1) is 10.1. The van der Waals surface area contributed by atoms with Gasteiger partial charge in [-0.05, 0) is 48.8 Å². The highest BCUT2D eigenvalue weighted by Crippen LogP contribution is 2.48. The number of halogens is 1. The highest BCUT2D eigenvalue weighted by molar-refractivity contribution is 6.31. The minimum atomic E-state index is -0.0708. The predicted octanol–water partition coefficient (Wildman–Crippen LogP) is 2.11. The van der Waals surface area contributed by atoms with Crippen LogP contribution in [0, 0.1) is 17.8 Å². The zero-order chi connectivity index (χ0) is 15.0. The summed E-state index contributed by atoms with van der Waals surface area (Å²) in [4.78, 5) is 12.2. The Labute approximate surface area is 129 Å². The van der Waals surface area contributed by atoms with E-state index < -0.39 is 0 Å². The Balaban J connectivity index is 1.64. The summed E-state index contributed by atoms with van der Waals surface area (Å²) in [7, 11) is 0. The predicted molar refractivity (Wildman–Crippen MR) is 80.2 cm³/mol. The molecule has 0 spiro atoms. The van der Waals surface area contributed by atoms with E-state index in [1.807, 2.05) is 0 Å². The van der Waals surface area contributed by atoms with Crippen molar-refractivity contribution in [3.05, 3.63) is 28.8 Å². The zero-order valence-corrected chi connectivity index (χ0v) is 12.5. The van der Waals surface area contributed by atoms with Crippen LogP contribution in [0.15, 0.2) is 18.2 Å². The molecule has 4 unspecified atom stereocenters. The molecule has 1 amide bonds. The van der Waals surface area contributed by atoms with E-state index in [1.54, 1.807) is 6.07 Å². The lowest BCUT2D eigenvalue weighted by Crippen LogP contribution is -2.45. The van der Waals surface area contributed by atoms with Gasteiger partial charge in [-0.2, -0.15) is 0 Å². The summed E-state index contributed by atoms with van der Waals surface area (Å²) in [6.45, 7) is 0.145. The lowest BCUT2D eigenvalue weighted by Gasteiger charge is -2.30. The van der Waals surface area contributed by atoms with Crippen LogP contribution < -0.4 is 5.32 Å². The molecule has 0 aliphatic heterocycles. The van der Waals surface area contributed by atoms with Crippen molar-refractivity contribution in [2.45, 2.75) is 31.7 Å². The topological polar surface area (TPSA) is 69.6 Å². The van der Waals surface area contributed by atoms with Crippen LogP contribution in [0.1, 0.15) is 24.8 Å². The van der Waals surface area contributed by atoms with Crippen LogP contribution in [-0.4, -0.2) is 28.8 Å². The van der Waals surface area contributed by atoms with Gasteiger partial charge in [-0.1, -0.05) is 17.7 Å². The Morgan fingerprint density at radius 1 is 1.33 bits per heavy atom. The number of amides is 1. The van der Waals surface area contributed by atoms with Crippen molar-refractivity contribution in [3.63, 3.8) is 0 Å². The van der Waals surface area contributed by atoms with Crippen molar-refractivity contribution in [2.75, 3.05) is 6.61 Å². The highest BCUT2D eigenvalue weighted by atomic mass is 35.5. The molecule has 4 nitrogen and oxygen atoms in total. The first kappa shape index (κ1) is 14.7. The van der Waals surface area contributed by atoms with Crippen molar-refractivity contribution in [3.8, 4) is 5.75 Å². The van der Waals surface area contributed by atoms with Crippen molar-refractivity contribution in [2.24, 2.45) is 17.8 Å². The van der Waals surface area contributed by atoms with Crippen LogP contribution in [0.2, 0.25) is 5.02 Å². The SMILES string of the molecule is O=C(Cc1ccc(O)cc1Cl)NC1C2CCC(C2)C1CO. The van der Waals surface area contributed by atoms with Crippen LogP contribution in [-0.2, 0) is 11.2 Å². The molecule has 2 aliphatic rings. The fourth-order valence-electron chi connectivity index (χ4n) is 3.99. The van der Waals surface area contributed by atoms with Gasteiger partial charge in [-0.15, -0.1) is 0 Å². The normalized spacial score (nSPS) is 30.6. The number of benzene rings is 1. The Bertz CT molecular complexity index is 548. The van der Waals surface area contributed by atoms with Crippen LogP contribution in [0.25, 0.3) is 0 Å². The molecule has 1 aromatic carbocycles. The van der Waals surface area contributed by atoms with Crippen LogP contribution >= 0.6 is 11.6 Å². The summed E-state index contributed by atoms with van der Waals surface area (Å²) in [5.74, 6) is 1.29. The van der Waals surface area contributed by atoms with E-state index in [1.165, 1.54) is 18.6 Å². The minimum absolute atomic E-state index is 0.0708. The molecule has 0 aromatic heterocycles. The second kappa shape index (κ2) is 5.85. The number of hydrogen-bond donors (Lipinski definition) is 3. The average Bonchev–Trinajstić information content (AvgIpc) is 3.03. The Hall–Kier alpha value is -1.26. The number of nitrogens with one attached hydrogen (secondary N) is 1. The van der Waals surface area contributed by atoms with Gasteiger partial charge in [-0.3, -0.25) is 4.79 Å². The molecule has 1 aromatic rings. The third-order valence-corrected chi connectivity index (χ3v) is 5.37. The molecule has 21 heavy (non-hydrogen) atoms. The van der Waals surface area contributed by atoms with Gasteiger partial charge in [0.15, 0.2) is 0 Å². The number of phenols is 1. The summed E-state index contributed by atoms with van der Waals surface area (Å²) in [6.07, 6.45) is 3.64. The molecule has 2 saturated carbocycles. The summed E-state index contributed by atoms with van der Waals surface area (Å²) >= 11 is 6.03. The summed E-state index contributed by atoms with van der Waals surface area (Å²) < 4.78 is 0. The molecule has 2 bridgehead atoms. The van der Waals surface area contributed by atoms with Gasteiger partial charge in [0.25, 0.3) is 0 Å². The fraction of sp³-hybridized carbons (Fsp3) is 0.562. The third-order valence-electron chi connectivity index (χ3n) is 5.01. The van der Waals surface area contributed by atoms with E-state index in [0.29, 0.717) is 22.4 Å². The smallest absolute Gasteiger partial charge is 0.224 e. The van der Waals surface area contributed by atoms with E-state index in [0.717, 1.165) is 12.8 Å². The molecule has 0 heterocycles. The fourth-order valence-corrected chi connectivity index (χ4v) is 4.23. The summed E-state index contributed by atoms with van der Waals surface area (Å²) in [5.41, 5.74) is 0.704. The molecule has 5 heteroatoms. The largest absolute Gasteiger partial charge is 0.508 e. The highest BCUT2D eigenvalue weighted by Gasteiger charge is 2.47. The Morgan fingerprint density at radius 2 is 2.10 bits per heavy atom. The van der Waals surface area contributed by atoms with E-state index >= 15 is 0 Å². The van der Waals surface area contributed by atoms with E-state index in [2.05, 4.69) is 5.32 Å². The maximum atomic E-state index is 12.2. The Kier molecular flexibility index (Phi) is 4.09. The number of fused-ring (bicyclic) bond motifs is 2. The van der Waals surface area contributed by atoms with Gasteiger partial charge in [0.05, 0.1) is 6.42 Å². The Morgan fingerprint density at radius 3 is 2.81 bits per heavy atom. The van der Waals surface area contributed by atoms with E-state index in [9.17, 15) is 15.0 Å². The molecule has 4 atom stereocenters. The molecule has 0 radical (unpaired) electrons. The first-order valence-corrected chi connectivity index (χ1v) is 7.84. The molecule has 2 fully saturated rings. The van der Waals surface area contributed by atoms with Crippen molar-refractivity contribution in [1.29, 1.82) is 0 Å². The maximum Gasteiger partial charge on any atom is 0.224 e. The number of hydrogen-bond acceptors (Lipinski definition) is 3. The lowest BCUT2D eigenvalue weighted by molar-refractivity contribution is -0.122. The van der Waals surface area contributed by atoms with Gasteiger partial charge in [0.2, 0.25) is 5.91 Å². The quantitative estimate of drug-likeness (QED) is 0.798. The number of rotatable bonds is 4. The standard InChI is InChI=1S/C16H20ClNO3/c17-14-7-12(20)4-3-10(14)6-15(21)18-16-11-2-1-9(5-11)13(16)8-19/h3-4,7,9,11,13,16,19-20H,1-2,5-6,8H2,(H,18,21). The monoisotopic (exact) mass is 309 g/mol. The lowest BCUT2D eigenvalue weighted by atomic mass is 9.85. The zero-order valence-electron chi connectivity index (χ0n) is 11.8. The second-order valence-electron chi connectivity index (χ2n) is 6.23. The number of phenolic OH excluding ortho intramolecular Hbond substituents is 1. The van der Waals surface area contributed by atoms with Crippen LogP contribution in [0.5, 0.6) is 5.75 Å². The van der Waals surface area contributed by atoms with Gasteiger partial charge in [0.1, 0.15) is 5.75 Å². The second-order valence-corrected chi connectivity index (χ2v) is 6.63. The van der Waals surface area contributed by atoms with Crippen molar-refractivity contribution in [1.82, 2.24) is 5.32 Å². The van der Waals surface area contributed by atoms with Crippen LogP contribution in [0.3, 0.4) is 0 Å². The minimum Gasteiger partial charge on any atom is -0.508 e. The molecule has 2 aliphatic carbocycles. The molecular formula is C16H20ClNO3. The van der Waals surface area contributed by atoms with E-state index in [4.69, 9.17) is 11.6 Å². The number of carbonyl (C=O) groups is 1. The number of aliphatic hydroxyl groups is 1. The third kappa shape index (κ3) is 2.87. The van der Waals surface area contributed by atoms with Gasteiger partial charge >= 0.3 is 0 Å². The van der Waals surface area contributed by atoms with Gasteiger partial charge < -0.3 is 15.5 Å². The summed E-state index contributed by atoms with van der Waals surface area (Å²) in [5, 5.41) is 22.3. The molecular weight excluding hydrogens is 290 g/mol. The number of carbonyl (C=O) groups excluding carboxylic acids is 1. The van der Waals surface area contributed by atoms with E-state index in [-0.39, 0.29) is 36.6 Å². The van der Waals surface area contributed by atoms with Crippen molar-refractivity contribution < 1.29 is 15.0 Å². The van der Waals surface area contributed by atoms with Crippen molar-refractivity contribution >= 4 is 17.5 Å². The van der Waals surface area contributed by atoms with Gasteiger partial charge in [0, 0.05) is 23.6 Å². The maximum absolute atomic E-state index is 12.2. The average molecular weight is 310 g/mol. The first-order valence-electron chi connectivity index (χ1n) is 7.46. The molecule has 0 saturated heterocycles. The molecule has 114 valence electrons.